The normalized spacial score (nSPS) is 46.1. The molecule has 3 fully saturated rings. The van der Waals surface area contributed by atoms with Crippen LogP contribution in [0.25, 0.3) is 0 Å². The van der Waals surface area contributed by atoms with Crippen LogP contribution in [-0.2, 0) is 0 Å². The highest BCUT2D eigenvalue weighted by molar-refractivity contribution is 5.28. The molecule has 0 spiro atoms. The number of allylic oxidation sites excluding steroid dienone is 4. The highest BCUT2D eigenvalue weighted by atomic mass is 14.6. The summed E-state index contributed by atoms with van der Waals surface area (Å²) in [6.45, 7) is 14.9. The van der Waals surface area contributed by atoms with Gasteiger partial charge in [-0.2, -0.15) is 0 Å². The number of hydrogen-bond acceptors (Lipinski definition) is 0. The molecule has 0 aromatic carbocycles. The molecule has 4 aliphatic rings. The molecule has 4 aliphatic carbocycles. The van der Waals surface area contributed by atoms with Gasteiger partial charge in [-0.1, -0.05) is 71.8 Å². The fraction of sp³-hybridized carbons (Fsp3) is 0.852. The van der Waals surface area contributed by atoms with Crippen LogP contribution in [0, 0.1) is 52.3 Å². The Morgan fingerprint density at radius 3 is 2.37 bits per heavy atom. The number of rotatable bonds is 4. The van der Waals surface area contributed by atoms with Crippen molar-refractivity contribution in [2.24, 2.45) is 52.3 Å². The zero-order chi connectivity index (χ0) is 19.4. The summed E-state index contributed by atoms with van der Waals surface area (Å²) in [5.41, 5.74) is 3.12. The molecule has 0 heteroatoms. The topological polar surface area (TPSA) is 0 Å². The molecular formula is C27H44. The molecule has 0 bridgehead atoms. The molecule has 0 aliphatic heterocycles. The summed E-state index contributed by atoms with van der Waals surface area (Å²) in [6, 6.07) is 0. The zero-order valence-corrected chi connectivity index (χ0v) is 18.9. The predicted octanol–water partition coefficient (Wildman–Crippen LogP) is 8.05. The third kappa shape index (κ3) is 3.08. The van der Waals surface area contributed by atoms with Crippen molar-refractivity contribution in [3.05, 3.63) is 23.8 Å². The Hall–Kier alpha value is -0.520. The molecular weight excluding hydrogens is 324 g/mol. The van der Waals surface area contributed by atoms with E-state index in [9.17, 15) is 0 Å². The number of fused-ring (bicyclic) bond motifs is 5. The lowest BCUT2D eigenvalue weighted by Gasteiger charge is -2.54. The van der Waals surface area contributed by atoms with Crippen molar-refractivity contribution < 1.29 is 0 Å². The summed E-state index contributed by atoms with van der Waals surface area (Å²) in [6.07, 6.45) is 19.6. The van der Waals surface area contributed by atoms with E-state index < -0.39 is 0 Å². The summed E-state index contributed by atoms with van der Waals surface area (Å²) < 4.78 is 0. The van der Waals surface area contributed by atoms with Gasteiger partial charge in [-0.25, -0.2) is 0 Å². The molecule has 0 saturated heterocycles. The Morgan fingerprint density at radius 2 is 1.63 bits per heavy atom. The summed E-state index contributed by atoms with van der Waals surface area (Å²) >= 11 is 0. The summed E-state index contributed by atoms with van der Waals surface area (Å²) in [5, 5.41) is 0. The first-order chi connectivity index (χ1) is 12.8. The second-order valence-corrected chi connectivity index (χ2v) is 11.7. The van der Waals surface area contributed by atoms with Gasteiger partial charge in [0, 0.05) is 0 Å². The van der Waals surface area contributed by atoms with Crippen molar-refractivity contribution in [1.82, 2.24) is 0 Å². The van der Waals surface area contributed by atoms with Gasteiger partial charge in [0.1, 0.15) is 0 Å². The van der Waals surface area contributed by atoms with E-state index in [-0.39, 0.29) is 0 Å². The Balaban J connectivity index is 1.54. The molecule has 0 amide bonds. The van der Waals surface area contributed by atoms with Crippen LogP contribution in [0.5, 0.6) is 0 Å². The smallest absolute Gasteiger partial charge is 0.0143 e. The van der Waals surface area contributed by atoms with Gasteiger partial charge in [0.25, 0.3) is 0 Å². The molecule has 8 atom stereocenters. The highest BCUT2D eigenvalue weighted by Gasteiger charge is 2.57. The highest BCUT2D eigenvalue weighted by Crippen LogP contribution is 2.67. The van der Waals surface area contributed by atoms with Gasteiger partial charge in [0.05, 0.1) is 0 Å². The van der Waals surface area contributed by atoms with Crippen molar-refractivity contribution in [3.8, 4) is 0 Å². The van der Waals surface area contributed by atoms with Crippen LogP contribution in [0.15, 0.2) is 23.8 Å². The second kappa shape index (κ2) is 7.07. The average Bonchev–Trinajstić information content (AvgIpc) is 3.18. The van der Waals surface area contributed by atoms with Gasteiger partial charge in [-0.05, 0) is 97.2 Å². The molecule has 27 heavy (non-hydrogen) atoms. The first-order valence-corrected chi connectivity index (χ1v) is 12.2. The molecule has 4 rings (SSSR count). The lowest BCUT2D eigenvalue weighted by atomic mass is 9.51. The monoisotopic (exact) mass is 368 g/mol. The summed E-state index contributed by atoms with van der Waals surface area (Å²) in [5.74, 6) is 5.87. The van der Waals surface area contributed by atoms with Gasteiger partial charge < -0.3 is 0 Å². The summed E-state index contributed by atoms with van der Waals surface area (Å²) in [4.78, 5) is 0. The lowest BCUT2D eigenvalue weighted by molar-refractivity contribution is 0.0314. The SMILES string of the molecule is CC(C)[C@@H](C)/C=C/[C@@H](C)[C@H]1CC[C@@H]2C3=CC[C@H]4CCC[C@@]4(C)[C@@H]3CC[C@@]21C. The lowest BCUT2D eigenvalue weighted by Crippen LogP contribution is -2.45. The molecule has 0 heterocycles. The molecule has 3 saturated carbocycles. The fourth-order valence-corrected chi connectivity index (χ4v) is 7.99. The Morgan fingerprint density at radius 1 is 0.889 bits per heavy atom. The third-order valence-corrected chi connectivity index (χ3v) is 10.2. The maximum atomic E-state index is 2.76. The standard InChI is InChI=1S/C27H44/c1-18(2)19(3)9-10-20(4)23-13-14-24-22-12-11-21-8-7-16-26(21,5)25(22)15-17-27(23,24)6/h9-10,12,18-21,23-25H,7-8,11,13-17H2,1-6H3/b10-9+/t19-,20+,21+,23+,24+,25+,26+,27+/m0/s1. The molecule has 0 aromatic heterocycles. The minimum Gasteiger partial charge on any atom is -0.0852 e. The van der Waals surface area contributed by atoms with Crippen LogP contribution in [0.3, 0.4) is 0 Å². The Kier molecular flexibility index (Phi) is 5.18. The van der Waals surface area contributed by atoms with Crippen LogP contribution in [0.1, 0.15) is 92.9 Å². The quantitative estimate of drug-likeness (QED) is 0.440. The largest absolute Gasteiger partial charge is 0.0852 e. The van der Waals surface area contributed by atoms with Crippen LogP contribution in [0.4, 0.5) is 0 Å². The van der Waals surface area contributed by atoms with E-state index in [1.165, 1.54) is 51.4 Å². The average molecular weight is 369 g/mol. The van der Waals surface area contributed by atoms with Crippen LogP contribution >= 0.6 is 0 Å². The maximum Gasteiger partial charge on any atom is -0.0143 e. The van der Waals surface area contributed by atoms with Gasteiger partial charge in [0.2, 0.25) is 0 Å². The molecule has 152 valence electrons. The molecule has 0 radical (unpaired) electrons. The van der Waals surface area contributed by atoms with E-state index in [1.807, 2.05) is 5.57 Å². The third-order valence-electron chi connectivity index (χ3n) is 10.2. The van der Waals surface area contributed by atoms with E-state index in [4.69, 9.17) is 0 Å². The first kappa shape index (κ1) is 19.8. The van der Waals surface area contributed by atoms with Crippen molar-refractivity contribution in [2.45, 2.75) is 92.9 Å². The van der Waals surface area contributed by atoms with E-state index in [2.05, 4.69) is 59.8 Å². The first-order valence-electron chi connectivity index (χ1n) is 12.2. The summed E-state index contributed by atoms with van der Waals surface area (Å²) in [7, 11) is 0. The molecule has 0 nitrogen and oxygen atoms in total. The number of hydrogen-bond donors (Lipinski definition) is 0. The zero-order valence-electron chi connectivity index (χ0n) is 18.9. The molecule has 0 unspecified atom stereocenters. The van der Waals surface area contributed by atoms with Crippen molar-refractivity contribution in [1.29, 1.82) is 0 Å². The van der Waals surface area contributed by atoms with Gasteiger partial charge in [-0.15, -0.1) is 0 Å². The van der Waals surface area contributed by atoms with Crippen molar-refractivity contribution >= 4 is 0 Å². The maximum absolute atomic E-state index is 2.76. The van der Waals surface area contributed by atoms with Gasteiger partial charge >= 0.3 is 0 Å². The van der Waals surface area contributed by atoms with Crippen LogP contribution in [0.2, 0.25) is 0 Å². The van der Waals surface area contributed by atoms with E-state index in [0.717, 1.165) is 35.5 Å². The van der Waals surface area contributed by atoms with Crippen LogP contribution in [-0.4, -0.2) is 0 Å². The Bertz CT molecular complexity index is 610. The second-order valence-electron chi connectivity index (χ2n) is 11.7. The molecule has 0 aromatic rings. The van der Waals surface area contributed by atoms with E-state index in [1.54, 1.807) is 0 Å². The Labute approximate surface area is 169 Å². The van der Waals surface area contributed by atoms with Gasteiger partial charge in [-0.3, -0.25) is 0 Å². The van der Waals surface area contributed by atoms with E-state index in [0.29, 0.717) is 16.7 Å². The fourth-order valence-electron chi connectivity index (χ4n) is 7.99. The van der Waals surface area contributed by atoms with Crippen LogP contribution < -0.4 is 0 Å². The predicted molar refractivity (Wildman–Crippen MR) is 117 cm³/mol. The van der Waals surface area contributed by atoms with Crippen molar-refractivity contribution in [3.63, 3.8) is 0 Å². The minimum absolute atomic E-state index is 0.551. The van der Waals surface area contributed by atoms with Gasteiger partial charge in [0.15, 0.2) is 0 Å². The van der Waals surface area contributed by atoms with E-state index >= 15 is 0 Å². The van der Waals surface area contributed by atoms with Crippen molar-refractivity contribution in [2.75, 3.05) is 0 Å². The minimum atomic E-state index is 0.551. The molecule has 0 N–H and O–H groups in total.